The second-order valence-electron chi connectivity index (χ2n) is 9.03. The Balaban J connectivity index is 1.57. The van der Waals surface area contributed by atoms with E-state index >= 15 is 0 Å². The summed E-state index contributed by atoms with van der Waals surface area (Å²) in [6.45, 7) is 6.36. The molecule has 3 aliphatic rings. The number of likely N-dealkylation sites (N-methyl/N-ethyl adjacent to an activating group) is 1. The number of aliphatic hydroxyl groups excluding tert-OH is 1. The molecule has 2 N–H and O–H groups in total. The summed E-state index contributed by atoms with van der Waals surface area (Å²) in [5.74, 6) is 2.99. The molecule has 1 aromatic rings. The third-order valence-corrected chi connectivity index (χ3v) is 6.43. The number of anilines is 1. The third-order valence-electron chi connectivity index (χ3n) is 6.43. The lowest BCUT2D eigenvalue weighted by Gasteiger charge is -2.27. The van der Waals surface area contributed by atoms with Crippen molar-refractivity contribution in [3.05, 3.63) is 54.1 Å². The molecule has 0 amide bonds. The molecule has 1 heterocycles. The highest BCUT2D eigenvalue weighted by Gasteiger charge is 2.27. The molecule has 1 fully saturated rings. The Hall–Kier alpha value is -3.10. The Morgan fingerprint density at radius 1 is 1.06 bits per heavy atom. The van der Waals surface area contributed by atoms with Gasteiger partial charge in [0.15, 0.2) is 0 Å². The zero-order valence-electron chi connectivity index (χ0n) is 21.0. The van der Waals surface area contributed by atoms with Crippen LogP contribution in [0.1, 0.15) is 26.2 Å². The maximum atomic E-state index is 9.21. The standard InChI is InChI=1S/C27H37N5O3/c1-4-31(11-12-33)10-9-28-27-18-29-21-7-8-23(14-22(13-21)30-27)32(19-20-5-6-20)24-15-25(34-2)17-26(16-24)35-3/h7-8,14-18,20,33H,4-6,9-13,19H2,1-3H3,(H,28,30). The second-order valence-corrected chi connectivity index (χ2v) is 9.03. The number of aliphatic hydroxyl groups is 1. The summed E-state index contributed by atoms with van der Waals surface area (Å²) in [6.07, 6.45) is 11.4. The van der Waals surface area contributed by atoms with Crippen molar-refractivity contribution in [2.45, 2.75) is 26.2 Å². The molecule has 8 heteroatoms. The van der Waals surface area contributed by atoms with E-state index in [9.17, 15) is 5.11 Å². The Kier molecular flexibility index (Phi) is 8.60. The molecule has 0 atom stereocenters. The molecular weight excluding hydrogens is 442 g/mol. The summed E-state index contributed by atoms with van der Waals surface area (Å²) >= 11 is 0. The number of nitrogens with zero attached hydrogens (tertiary/aromatic N) is 4. The van der Waals surface area contributed by atoms with Crippen LogP contribution in [0.5, 0.6) is 11.5 Å². The van der Waals surface area contributed by atoms with Crippen LogP contribution in [0.4, 0.5) is 5.69 Å². The highest BCUT2D eigenvalue weighted by atomic mass is 16.5. The van der Waals surface area contributed by atoms with Crippen LogP contribution in [0.3, 0.4) is 0 Å². The number of benzene rings is 1. The Morgan fingerprint density at radius 2 is 1.83 bits per heavy atom. The summed E-state index contributed by atoms with van der Waals surface area (Å²) in [4.78, 5) is 14.1. The van der Waals surface area contributed by atoms with Gasteiger partial charge in [0.1, 0.15) is 17.3 Å². The van der Waals surface area contributed by atoms with Gasteiger partial charge in [0.05, 0.1) is 32.7 Å². The van der Waals surface area contributed by atoms with Crippen LogP contribution in [0.25, 0.3) is 0 Å². The van der Waals surface area contributed by atoms with Gasteiger partial charge in [0.2, 0.25) is 0 Å². The van der Waals surface area contributed by atoms with E-state index in [0.717, 1.165) is 66.3 Å². The van der Waals surface area contributed by atoms with Crippen LogP contribution in [0, 0.1) is 5.92 Å². The zero-order chi connectivity index (χ0) is 24.6. The predicted octanol–water partition coefficient (Wildman–Crippen LogP) is 3.36. The normalized spacial score (nSPS) is 17.1. The minimum atomic E-state index is 0.170. The molecule has 35 heavy (non-hydrogen) atoms. The molecule has 2 bridgehead atoms. The number of hydrogen-bond acceptors (Lipinski definition) is 8. The fourth-order valence-electron chi connectivity index (χ4n) is 4.22. The average Bonchev–Trinajstić information content (AvgIpc) is 3.73. The maximum absolute atomic E-state index is 9.21. The topological polar surface area (TPSA) is 81.9 Å². The molecule has 4 rings (SSSR count). The van der Waals surface area contributed by atoms with Crippen LogP contribution in [-0.2, 0) is 0 Å². The molecule has 1 aromatic carbocycles. The third kappa shape index (κ3) is 6.96. The summed E-state index contributed by atoms with van der Waals surface area (Å²) in [7, 11) is 3.36. The minimum Gasteiger partial charge on any atom is -0.497 e. The van der Waals surface area contributed by atoms with Gasteiger partial charge in [-0.25, -0.2) is 4.99 Å². The molecule has 0 saturated heterocycles. The van der Waals surface area contributed by atoms with Crippen molar-refractivity contribution < 1.29 is 14.6 Å². The Bertz CT molecular complexity index is 1020. The van der Waals surface area contributed by atoms with E-state index in [1.807, 2.05) is 12.3 Å². The van der Waals surface area contributed by atoms with E-state index in [2.05, 4.69) is 57.4 Å². The SMILES string of the molecule is CCN(CCO)CCNC1=CN=C2C=CC(N(CC3CC3)c3cc(OC)cc(OC)c3)=CC(=N1)C2. The van der Waals surface area contributed by atoms with E-state index < -0.39 is 0 Å². The molecule has 0 unspecified atom stereocenters. The summed E-state index contributed by atoms with van der Waals surface area (Å²) in [5.41, 5.74) is 4.07. The maximum Gasteiger partial charge on any atom is 0.144 e. The van der Waals surface area contributed by atoms with Gasteiger partial charge in [-0.05, 0) is 43.5 Å². The summed E-state index contributed by atoms with van der Waals surface area (Å²) in [5, 5.41) is 12.6. The number of allylic oxidation sites excluding steroid dienone is 3. The Morgan fingerprint density at radius 3 is 2.49 bits per heavy atom. The van der Waals surface area contributed by atoms with E-state index in [1.165, 1.54) is 12.8 Å². The van der Waals surface area contributed by atoms with E-state index in [1.54, 1.807) is 14.2 Å². The molecule has 188 valence electrons. The zero-order valence-corrected chi connectivity index (χ0v) is 21.0. The van der Waals surface area contributed by atoms with E-state index in [0.29, 0.717) is 18.9 Å². The number of ether oxygens (including phenoxy) is 2. The van der Waals surface area contributed by atoms with E-state index in [4.69, 9.17) is 14.5 Å². The van der Waals surface area contributed by atoms with Gasteiger partial charge in [-0.15, -0.1) is 0 Å². The first kappa shape index (κ1) is 25.0. The van der Waals surface area contributed by atoms with Gasteiger partial charge in [-0.2, -0.15) is 0 Å². The van der Waals surface area contributed by atoms with Gasteiger partial charge < -0.3 is 24.8 Å². The number of aliphatic imine (C=N–C) groups is 2. The lowest BCUT2D eigenvalue weighted by Crippen LogP contribution is -2.33. The molecular formula is C27H37N5O3. The number of rotatable bonds is 13. The highest BCUT2D eigenvalue weighted by Crippen LogP contribution is 2.36. The lowest BCUT2D eigenvalue weighted by atomic mass is 10.1. The largest absolute Gasteiger partial charge is 0.497 e. The first-order chi connectivity index (χ1) is 17.1. The van der Waals surface area contributed by atoms with Crippen molar-refractivity contribution in [2.75, 3.05) is 58.5 Å². The van der Waals surface area contributed by atoms with Crippen molar-refractivity contribution in [1.29, 1.82) is 0 Å². The molecule has 1 aliphatic heterocycles. The van der Waals surface area contributed by atoms with Crippen LogP contribution < -0.4 is 19.7 Å². The summed E-state index contributed by atoms with van der Waals surface area (Å²) < 4.78 is 11.1. The average molecular weight is 480 g/mol. The minimum absolute atomic E-state index is 0.170. The Labute approximate surface area is 208 Å². The molecule has 0 aromatic heterocycles. The first-order valence-electron chi connectivity index (χ1n) is 12.4. The van der Waals surface area contributed by atoms with E-state index in [-0.39, 0.29) is 6.61 Å². The van der Waals surface area contributed by atoms with Gasteiger partial charge in [0.25, 0.3) is 0 Å². The quantitative estimate of drug-likeness (QED) is 0.452. The fourth-order valence-corrected chi connectivity index (χ4v) is 4.22. The molecule has 1 saturated carbocycles. The highest BCUT2D eigenvalue weighted by molar-refractivity contribution is 6.16. The monoisotopic (exact) mass is 479 g/mol. The van der Waals surface area contributed by atoms with Gasteiger partial charge in [0, 0.05) is 67.9 Å². The van der Waals surface area contributed by atoms with Crippen molar-refractivity contribution in [3.63, 3.8) is 0 Å². The number of fused-ring (bicyclic) bond motifs is 2. The fraction of sp³-hybridized carbons (Fsp3) is 0.481. The number of nitrogens with one attached hydrogen (secondary N) is 1. The molecule has 0 spiro atoms. The van der Waals surface area contributed by atoms with Crippen molar-refractivity contribution in [3.8, 4) is 11.5 Å². The molecule has 8 nitrogen and oxygen atoms in total. The van der Waals surface area contributed by atoms with Crippen LogP contribution in [0.2, 0.25) is 0 Å². The summed E-state index contributed by atoms with van der Waals surface area (Å²) in [6, 6.07) is 6.01. The van der Waals surface area contributed by atoms with Gasteiger partial charge >= 0.3 is 0 Å². The lowest BCUT2D eigenvalue weighted by molar-refractivity contribution is 0.203. The van der Waals surface area contributed by atoms with Gasteiger partial charge in [-0.3, -0.25) is 9.89 Å². The van der Waals surface area contributed by atoms with Crippen molar-refractivity contribution in [2.24, 2.45) is 15.9 Å². The number of hydrogen-bond donors (Lipinski definition) is 2. The van der Waals surface area contributed by atoms with Crippen molar-refractivity contribution in [1.82, 2.24) is 10.2 Å². The predicted molar refractivity (Wildman–Crippen MR) is 142 cm³/mol. The first-order valence-corrected chi connectivity index (χ1v) is 12.4. The van der Waals surface area contributed by atoms with Crippen LogP contribution in [0.15, 0.2) is 64.1 Å². The van der Waals surface area contributed by atoms with Crippen molar-refractivity contribution >= 4 is 17.1 Å². The number of methoxy groups -OCH3 is 2. The second kappa shape index (κ2) is 12.0. The van der Waals surface area contributed by atoms with Crippen LogP contribution >= 0.6 is 0 Å². The van der Waals surface area contributed by atoms with Crippen LogP contribution in [-0.4, -0.2) is 75.0 Å². The van der Waals surface area contributed by atoms with Gasteiger partial charge in [-0.1, -0.05) is 6.92 Å². The molecule has 2 aliphatic carbocycles. The molecule has 0 radical (unpaired) electrons. The smallest absolute Gasteiger partial charge is 0.144 e.